The van der Waals surface area contributed by atoms with Gasteiger partial charge < -0.3 is 10.6 Å². The second kappa shape index (κ2) is 6.80. The topological polar surface area (TPSA) is 49.6 Å². The van der Waals surface area contributed by atoms with Crippen LogP contribution in [0, 0.1) is 0 Å². The quantitative estimate of drug-likeness (QED) is 0.905. The van der Waals surface area contributed by atoms with Gasteiger partial charge in [0.15, 0.2) is 0 Å². The number of likely N-dealkylation sites (tertiary alicyclic amines) is 1. The molecular weight excluding hydrogens is 274 g/mol. The van der Waals surface area contributed by atoms with Gasteiger partial charge in [0, 0.05) is 31.7 Å². The Morgan fingerprint density at radius 3 is 2.32 bits per heavy atom. The van der Waals surface area contributed by atoms with Gasteiger partial charge in [0.1, 0.15) is 0 Å². The van der Waals surface area contributed by atoms with Gasteiger partial charge in [-0.15, -0.1) is 0 Å². The van der Waals surface area contributed by atoms with Crippen LogP contribution in [0.4, 0.5) is 0 Å². The summed E-state index contributed by atoms with van der Waals surface area (Å²) in [6.45, 7) is 4.52. The Morgan fingerprint density at radius 1 is 1.18 bits per heavy atom. The van der Waals surface area contributed by atoms with Crippen LogP contribution < -0.4 is 5.73 Å². The van der Waals surface area contributed by atoms with Crippen molar-refractivity contribution < 1.29 is 4.79 Å². The Balaban J connectivity index is 1.59. The van der Waals surface area contributed by atoms with Crippen LogP contribution in [0.3, 0.4) is 0 Å². The van der Waals surface area contributed by atoms with Crippen molar-refractivity contribution in [1.29, 1.82) is 0 Å². The third kappa shape index (κ3) is 3.68. The highest BCUT2D eigenvalue weighted by atomic mass is 16.2. The van der Waals surface area contributed by atoms with E-state index < -0.39 is 0 Å². The van der Waals surface area contributed by atoms with E-state index in [1.54, 1.807) is 6.92 Å². The average Bonchev–Trinajstić information content (AvgIpc) is 3.38. The molecule has 4 heteroatoms. The van der Waals surface area contributed by atoms with Crippen LogP contribution in [-0.2, 0) is 11.3 Å². The van der Waals surface area contributed by atoms with Crippen LogP contribution in [0.1, 0.15) is 38.2 Å². The monoisotopic (exact) mass is 301 g/mol. The molecule has 1 aliphatic carbocycles. The summed E-state index contributed by atoms with van der Waals surface area (Å²) in [7, 11) is 0. The van der Waals surface area contributed by atoms with Gasteiger partial charge >= 0.3 is 0 Å². The molecule has 0 spiro atoms. The Bertz CT molecular complexity index is 490. The molecule has 0 bridgehead atoms. The maximum atomic E-state index is 12.0. The van der Waals surface area contributed by atoms with E-state index in [0.717, 1.165) is 38.5 Å². The number of rotatable bonds is 5. The molecule has 22 heavy (non-hydrogen) atoms. The van der Waals surface area contributed by atoms with Gasteiger partial charge in [0.05, 0.1) is 6.04 Å². The molecular formula is C18H27N3O. The van der Waals surface area contributed by atoms with Gasteiger partial charge in [0.25, 0.3) is 0 Å². The van der Waals surface area contributed by atoms with E-state index in [2.05, 4.69) is 35.2 Å². The number of carbonyl (C=O) groups excluding carboxylic acids is 1. The number of amides is 1. The van der Waals surface area contributed by atoms with Crippen LogP contribution in [0.2, 0.25) is 0 Å². The molecule has 1 atom stereocenters. The molecule has 3 rings (SSSR count). The Hall–Kier alpha value is -1.39. The van der Waals surface area contributed by atoms with Crippen LogP contribution in [-0.4, -0.2) is 46.9 Å². The van der Waals surface area contributed by atoms with E-state index in [0.29, 0.717) is 6.04 Å². The van der Waals surface area contributed by atoms with Crippen molar-refractivity contribution in [3.05, 3.63) is 35.9 Å². The van der Waals surface area contributed by atoms with Gasteiger partial charge in [0.2, 0.25) is 5.91 Å². The third-order valence-corrected chi connectivity index (χ3v) is 4.86. The van der Waals surface area contributed by atoms with E-state index >= 15 is 0 Å². The highest BCUT2D eigenvalue weighted by Crippen LogP contribution is 2.33. The third-order valence-electron chi connectivity index (χ3n) is 4.86. The first-order valence-electron chi connectivity index (χ1n) is 8.49. The molecule has 0 unspecified atom stereocenters. The van der Waals surface area contributed by atoms with E-state index in [1.807, 2.05) is 4.90 Å². The van der Waals surface area contributed by atoms with Crippen molar-refractivity contribution >= 4 is 5.91 Å². The van der Waals surface area contributed by atoms with Crippen molar-refractivity contribution in [2.75, 3.05) is 13.1 Å². The van der Waals surface area contributed by atoms with E-state index in [9.17, 15) is 4.79 Å². The first-order valence-corrected chi connectivity index (χ1v) is 8.49. The number of hydrogen-bond acceptors (Lipinski definition) is 3. The minimum atomic E-state index is -0.375. The molecule has 1 amide bonds. The lowest BCUT2D eigenvalue weighted by Gasteiger charge is -2.39. The molecule has 0 aromatic heterocycles. The fourth-order valence-electron chi connectivity index (χ4n) is 3.46. The molecule has 2 aliphatic rings. The largest absolute Gasteiger partial charge is 0.341 e. The Kier molecular flexibility index (Phi) is 4.79. The summed E-state index contributed by atoms with van der Waals surface area (Å²) in [5, 5.41) is 0. The standard InChI is InChI=1S/C18H27N3O/c1-14(19)18(22)20-11-9-17(10-12-20)21(16-7-8-16)13-15-5-3-2-4-6-15/h2-6,14,16-17H,7-13,19H2,1H3/t14-/m0/s1. The molecule has 1 aliphatic heterocycles. The average molecular weight is 301 g/mol. The number of carbonyl (C=O) groups is 1. The van der Waals surface area contributed by atoms with Crippen molar-refractivity contribution in [2.24, 2.45) is 5.73 Å². The van der Waals surface area contributed by atoms with E-state index in [-0.39, 0.29) is 11.9 Å². The lowest BCUT2D eigenvalue weighted by molar-refractivity contribution is -0.133. The van der Waals surface area contributed by atoms with Crippen molar-refractivity contribution in [1.82, 2.24) is 9.80 Å². The summed E-state index contributed by atoms with van der Waals surface area (Å²) in [6.07, 6.45) is 4.79. The molecule has 1 aromatic rings. The highest BCUT2D eigenvalue weighted by Gasteiger charge is 2.36. The number of piperidine rings is 1. The van der Waals surface area contributed by atoms with E-state index in [4.69, 9.17) is 5.73 Å². The molecule has 1 heterocycles. The summed E-state index contributed by atoms with van der Waals surface area (Å²) >= 11 is 0. The van der Waals surface area contributed by atoms with Gasteiger partial charge in [-0.3, -0.25) is 9.69 Å². The molecule has 1 aromatic carbocycles. The maximum absolute atomic E-state index is 12.0. The summed E-state index contributed by atoms with van der Waals surface area (Å²) < 4.78 is 0. The van der Waals surface area contributed by atoms with Crippen LogP contribution in [0.15, 0.2) is 30.3 Å². The molecule has 2 N–H and O–H groups in total. The van der Waals surface area contributed by atoms with Gasteiger partial charge in [-0.2, -0.15) is 0 Å². The number of nitrogens with zero attached hydrogens (tertiary/aromatic N) is 2. The van der Waals surface area contributed by atoms with E-state index in [1.165, 1.54) is 18.4 Å². The summed E-state index contributed by atoms with van der Waals surface area (Å²) in [4.78, 5) is 16.6. The smallest absolute Gasteiger partial charge is 0.239 e. The van der Waals surface area contributed by atoms with Crippen LogP contribution in [0.25, 0.3) is 0 Å². The molecule has 2 fully saturated rings. The highest BCUT2D eigenvalue weighted by molar-refractivity contribution is 5.81. The van der Waals surface area contributed by atoms with Crippen LogP contribution in [0.5, 0.6) is 0 Å². The normalized spacial score (nSPS) is 21.1. The van der Waals surface area contributed by atoms with Crippen LogP contribution >= 0.6 is 0 Å². The van der Waals surface area contributed by atoms with Crippen molar-refractivity contribution in [3.8, 4) is 0 Å². The minimum Gasteiger partial charge on any atom is -0.341 e. The number of hydrogen-bond donors (Lipinski definition) is 1. The second-order valence-corrected chi connectivity index (χ2v) is 6.73. The van der Waals surface area contributed by atoms with Crippen molar-refractivity contribution in [2.45, 2.75) is 57.3 Å². The predicted molar refractivity (Wildman–Crippen MR) is 88.3 cm³/mol. The lowest BCUT2D eigenvalue weighted by Crippen LogP contribution is -2.50. The predicted octanol–water partition coefficient (Wildman–Crippen LogP) is 1.99. The molecule has 0 radical (unpaired) electrons. The fourth-order valence-corrected chi connectivity index (χ4v) is 3.46. The Morgan fingerprint density at radius 2 is 1.77 bits per heavy atom. The molecule has 1 saturated heterocycles. The number of benzene rings is 1. The number of nitrogens with two attached hydrogens (primary N) is 1. The molecule has 1 saturated carbocycles. The Labute approximate surface area is 133 Å². The zero-order valence-electron chi connectivity index (χ0n) is 13.4. The van der Waals surface area contributed by atoms with Gasteiger partial charge in [-0.1, -0.05) is 30.3 Å². The molecule has 4 nitrogen and oxygen atoms in total. The second-order valence-electron chi connectivity index (χ2n) is 6.73. The summed E-state index contributed by atoms with van der Waals surface area (Å²) in [5.41, 5.74) is 7.11. The SMILES string of the molecule is C[C@H](N)C(=O)N1CCC(N(Cc2ccccc2)C2CC2)CC1. The summed E-state index contributed by atoms with van der Waals surface area (Å²) in [6, 6.07) is 11.7. The van der Waals surface area contributed by atoms with Gasteiger partial charge in [-0.25, -0.2) is 0 Å². The molecule has 120 valence electrons. The zero-order chi connectivity index (χ0) is 15.5. The first kappa shape index (κ1) is 15.5. The fraction of sp³-hybridized carbons (Fsp3) is 0.611. The zero-order valence-corrected chi connectivity index (χ0v) is 13.4. The lowest BCUT2D eigenvalue weighted by atomic mass is 10.0. The minimum absolute atomic E-state index is 0.0967. The summed E-state index contributed by atoms with van der Waals surface area (Å²) in [5.74, 6) is 0.0967. The first-order chi connectivity index (χ1) is 10.6. The maximum Gasteiger partial charge on any atom is 0.239 e. The van der Waals surface area contributed by atoms with Crippen molar-refractivity contribution in [3.63, 3.8) is 0 Å². The van der Waals surface area contributed by atoms with Gasteiger partial charge in [-0.05, 0) is 38.2 Å².